The summed E-state index contributed by atoms with van der Waals surface area (Å²) in [4.78, 5) is 15.4. The minimum Gasteiger partial charge on any atom is -0.450 e. The van der Waals surface area contributed by atoms with Gasteiger partial charge in [-0.25, -0.2) is 9.97 Å². The molecule has 6 nitrogen and oxygen atoms in total. The molecule has 0 amide bonds. The lowest BCUT2D eigenvalue weighted by molar-refractivity contribution is 0.663. The molecule has 12 rings (SSSR count). The molecule has 0 saturated heterocycles. The summed E-state index contributed by atoms with van der Waals surface area (Å²) in [7, 11) is 0. The lowest BCUT2D eigenvalue weighted by atomic mass is 10.0. The molecule has 0 aliphatic carbocycles. The fourth-order valence-electron chi connectivity index (χ4n) is 9.07. The van der Waals surface area contributed by atoms with Crippen molar-refractivity contribution in [3.05, 3.63) is 237 Å². The Hall–Kier alpha value is -8.74. The second-order valence-corrected chi connectivity index (χ2v) is 15.8. The van der Waals surface area contributed by atoms with Crippen LogP contribution in [-0.2, 0) is 0 Å². The van der Waals surface area contributed by atoms with Gasteiger partial charge in [0.2, 0.25) is 0 Å². The second-order valence-electron chi connectivity index (χ2n) is 15.8. The molecule has 12 aromatic rings. The predicted molar refractivity (Wildman–Crippen MR) is 264 cm³/mol. The molecule has 0 atom stereocenters. The van der Waals surface area contributed by atoms with Crippen LogP contribution in [0.2, 0.25) is 0 Å². The minimum atomic E-state index is 0.621. The number of anilines is 6. The highest BCUT2D eigenvalue weighted by Crippen LogP contribution is 2.45. The SMILES string of the molecule is c1ccc(-c2nc(-n3c4ccc(N(c5ccccc5)c5ccccc5)cc4c4cc(N(c5ccccc5)c5ccccc5)ccc43)c3oc4c(-c5ccccc5)cccc4c3n2)cc1. The Morgan fingerprint density at radius 1 is 0.344 bits per heavy atom. The Balaban J connectivity index is 1.17. The van der Waals surface area contributed by atoms with Gasteiger partial charge in [-0.3, -0.25) is 4.57 Å². The molecule has 3 aromatic heterocycles. The van der Waals surface area contributed by atoms with Crippen molar-refractivity contribution in [3.8, 4) is 28.3 Å². The average Bonchev–Trinajstić information content (AvgIpc) is 3.91. The van der Waals surface area contributed by atoms with Crippen molar-refractivity contribution in [2.45, 2.75) is 0 Å². The van der Waals surface area contributed by atoms with Crippen LogP contribution in [0.5, 0.6) is 0 Å². The zero-order valence-corrected chi connectivity index (χ0v) is 34.7. The van der Waals surface area contributed by atoms with E-state index >= 15 is 0 Å². The number of nitrogens with zero attached hydrogens (tertiary/aromatic N) is 5. The third kappa shape index (κ3) is 6.36. The highest BCUT2D eigenvalue weighted by Gasteiger charge is 2.25. The van der Waals surface area contributed by atoms with E-state index in [1.54, 1.807) is 0 Å². The third-order valence-corrected chi connectivity index (χ3v) is 12.0. The summed E-state index contributed by atoms with van der Waals surface area (Å²) in [5, 5.41) is 3.08. The molecule has 3 heterocycles. The van der Waals surface area contributed by atoms with Gasteiger partial charge in [0.25, 0.3) is 0 Å². The molecule has 0 fully saturated rings. The van der Waals surface area contributed by atoms with Gasteiger partial charge in [-0.1, -0.05) is 146 Å². The highest BCUT2D eigenvalue weighted by atomic mass is 16.3. The maximum Gasteiger partial charge on any atom is 0.197 e. The van der Waals surface area contributed by atoms with Gasteiger partial charge in [0, 0.05) is 61.4 Å². The van der Waals surface area contributed by atoms with Gasteiger partial charge in [0.1, 0.15) is 11.1 Å². The summed E-state index contributed by atoms with van der Waals surface area (Å²) in [6, 6.07) is 82.6. The Morgan fingerprint density at radius 3 is 1.25 bits per heavy atom. The van der Waals surface area contributed by atoms with E-state index in [1.165, 1.54) is 0 Å². The second kappa shape index (κ2) is 15.6. The first kappa shape index (κ1) is 37.1. The number of hydrogen-bond acceptors (Lipinski definition) is 5. The first-order valence-electron chi connectivity index (χ1n) is 21.5. The van der Waals surface area contributed by atoms with Gasteiger partial charge in [-0.15, -0.1) is 0 Å². The van der Waals surface area contributed by atoms with Crippen molar-refractivity contribution in [3.63, 3.8) is 0 Å². The van der Waals surface area contributed by atoms with Crippen LogP contribution < -0.4 is 9.80 Å². The van der Waals surface area contributed by atoms with Crippen molar-refractivity contribution in [1.82, 2.24) is 14.5 Å². The van der Waals surface area contributed by atoms with Gasteiger partial charge < -0.3 is 14.2 Å². The number of para-hydroxylation sites is 5. The summed E-state index contributed by atoms with van der Waals surface area (Å²) in [5.74, 6) is 1.29. The zero-order valence-electron chi connectivity index (χ0n) is 34.7. The average molecular weight is 822 g/mol. The van der Waals surface area contributed by atoms with Gasteiger partial charge in [-0.2, -0.15) is 0 Å². The summed E-state index contributed by atoms with van der Waals surface area (Å²) < 4.78 is 9.34. The van der Waals surface area contributed by atoms with Gasteiger partial charge in [-0.05, 0) is 96.6 Å². The van der Waals surface area contributed by atoms with E-state index in [0.717, 1.165) is 89.1 Å². The summed E-state index contributed by atoms with van der Waals surface area (Å²) >= 11 is 0. The number of benzene rings is 9. The molecule has 6 heteroatoms. The van der Waals surface area contributed by atoms with Gasteiger partial charge >= 0.3 is 0 Å². The molecule has 0 aliphatic rings. The van der Waals surface area contributed by atoms with E-state index in [4.69, 9.17) is 14.4 Å². The van der Waals surface area contributed by atoms with Crippen LogP contribution in [0.15, 0.2) is 241 Å². The van der Waals surface area contributed by atoms with E-state index in [0.29, 0.717) is 17.2 Å². The summed E-state index contributed by atoms with van der Waals surface area (Å²) in [6.45, 7) is 0. The van der Waals surface area contributed by atoms with E-state index in [-0.39, 0.29) is 0 Å². The zero-order chi connectivity index (χ0) is 42.4. The van der Waals surface area contributed by atoms with E-state index in [2.05, 4.69) is 227 Å². The molecule has 64 heavy (non-hydrogen) atoms. The van der Waals surface area contributed by atoms with Gasteiger partial charge in [0.05, 0.1) is 11.0 Å². The lowest BCUT2D eigenvalue weighted by Crippen LogP contribution is -2.09. The lowest BCUT2D eigenvalue weighted by Gasteiger charge is -2.26. The van der Waals surface area contributed by atoms with Crippen LogP contribution in [0.1, 0.15) is 0 Å². The maximum absolute atomic E-state index is 7.07. The Morgan fingerprint density at radius 2 is 0.781 bits per heavy atom. The third-order valence-electron chi connectivity index (χ3n) is 12.0. The molecule has 0 aliphatic heterocycles. The first-order chi connectivity index (χ1) is 31.8. The first-order valence-corrected chi connectivity index (χ1v) is 21.5. The molecular formula is C58H39N5O. The number of fused-ring (bicyclic) bond motifs is 6. The van der Waals surface area contributed by atoms with E-state index in [1.807, 2.05) is 24.3 Å². The molecule has 0 saturated carbocycles. The number of hydrogen-bond donors (Lipinski definition) is 0. The highest BCUT2D eigenvalue weighted by molar-refractivity contribution is 6.14. The van der Waals surface area contributed by atoms with Crippen molar-refractivity contribution in [2.75, 3.05) is 9.80 Å². The quantitative estimate of drug-likeness (QED) is 0.145. The Labute approximate surface area is 370 Å². The van der Waals surface area contributed by atoms with E-state index in [9.17, 15) is 0 Å². The molecule has 9 aromatic carbocycles. The van der Waals surface area contributed by atoms with Crippen molar-refractivity contribution in [1.29, 1.82) is 0 Å². The van der Waals surface area contributed by atoms with Crippen molar-refractivity contribution >= 4 is 78.0 Å². The molecule has 302 valence electrons. The van der Waals surface area contributed by atoms with Crippen LogP contribution in [0.3, 0.4) is 0 Å². The topological polar surface area (TPSA) is 50.3 Å². The molecule has 0 radical (unpaired) electrons. The Kier molecular flexibility index (Phi) is 9.05. The van der Waals surface area contributed by atoms with Crippen LogP contribution >= 0.6 is 0 Å². The fourth-order valence-corrected chi connectivity index (χ4v) is 9.07. The molecule has 0 spiro atoms. The molecular weight excluding hydrogens is 783 g/mol. The largest absolute Gasteiger partial charge is 0.450 e. The summed E-state index contributed by atoms with van der Waals surface area (Å²) in [5.41, 5.74) is 13.5. The smallest absolute Gasteiger partial charge is 0.197 e. The molecule has 0 N–H and O–H groups in total. The normalized spacial score (nSPS) is 11.4. The standard InChI is InChI=1S/C58H39N5O/c1-7-20-40(21-8-1)48-32-19-33-49-54-56(64-55(48)49)58(60-57(59-54)41-22-9-2-10-23-41)63-52-36-34-46(61(42-24-11-3-12-25-42)43-26-13-4-14-27-43)38-50(52)51-39-47(35-37-53(51)63)62(44-28-15-5-16-29-44)45-30-17-6-18-31-45/h1-39H. The summed E-state index contributed by atoms with van der Waals surface area (Å²) in [6.07, 6.45) is 0. The molecule has 0 unspecified atom stereocenters. The van der Waals surface area contributed by atoms with Crippen molar-refractivity contribution in [2.24, 2.45) is 0 Å². The minimum absolute atomic E-state index is 0.621. The number of furan rings is 1. The fraction of sp³-hybridized carbons (Fsp3) is 0. The van der Waals surface area contributed by atoms with Crippen LogP contribution in [0.25, 0.3) is 72.2 Å². The van der Waals surface area contributed by atoms with Crippen LogP contribution in [0, 0.1) is 0 Å². The molecule has 0 bridgehead atoms. The number of rotatable bonds is 9. The number of aromatic nitrogens is 3. The van der Waals surface area contributed by atoms with E-state index < -0.39 is 0 Å². The maximum atomic E-state index is 7.07. The Bertz CT molecular complexity index is 3370. The van der Waals surface area contributed by atoms with Crippen molar-refractivity contribution < 1.29 is 4.42 Å². The predicted octanol–water partition coefficient (Wildman–Crippen LogP) is 15.7. The van der Waals surface area contributed by atoms with Gasteiger partial charge in [0.15, 0.2) is 17.2 Å². The monoisotopic (exact) mass is 821 g/mol. The van der Waals surface area contributed by atoms with Crippen LogP contribution in [0.4, 0.5) is 34.1 Å². The van der Waals surface area contributed by atoms with Crippen LogP contribution in [-0.4, -0.2) is 14.5 Å².